The quantitative estimate of drug-likeness (QED) is 0.661. The molecule has 5 heteroatoms. The van der Waals surface area contributed by atoms with E-state index in [9.17, 15) is 0 Å². The summed E-state index contributed by atoms with van der Waals surface area (Å²) in [7, 11) is 11.0. The molecule has 0 aromatic rings. The first-order chi connectivity index (χ1) is 5.41. The predicted molar refractivity (Wildman–Crippen MR) is 73.8 cm³/mol. The molecule has 0 unspecified atom stereocenters. The molecule has 0 bridgehead atoms. The van der Waals surface area contributed by atoms with E-state index in [-0.39, 0.29) is 0 Å². The average Bonchev–Trinajstić information content (AvgIpc) is 1.43. The fourth-order valence-electron chi connectivity index (χ4n) is 1.61. The third-order valence-electron chi connectivity index (χ3n) is 1.58. The molecule has 0 aliphatic carbocycles. The van der Waals surface area contributed by atoms with Crippen LogP contribution in [0.1, 0.15) is 0 Å². The van der Waals surface area contributed by atoms with Crippen molar-refractivity contribution in [3.05, 3.63) is 0 Å². The van der Waals surface area contributed by atoms with Crippen LogP contribution in [-0.4, -0.2) is 27.6 Å². The van der Waals surface area contributed by atoms with E-state index in [2.05, 4.69) is 39.3 Å². The third kappa shape index (κ3) is 9.85. The van der Waals surface area contributed by atoms with Crippen molar-refractivity contribution in [2.45, 2.75) is 49.0 Å². The molecule has 80 valence electrons. The molecule has 0 saturated heterocycles. The summed E-state index contributed by atoms with van der Waals surface area (Å²) in [5, 5.41) is 0. The molecule has 0 spiro atoms. The van der Waals surface area contributed by atoms with Gasteiger partial charge in [-0.3, -0.25) is 0 Å². The summed E-state index contributed by atoms with van der Waals surface area (Å²) in [6.45, 7) is 14.2. The topological polar surface area (TPSA) is 0 Å². The van der Waals surface area contributed by atoms with E-state index in [0.717, 1.165) is 0 Å². The molecular weight excluding hydrogens is 296 g/mol. The Balaban J connectivity index is 4.25. The van der Waals surface area contributed by atoms with Crippen molar-refractivity contribution in [3.63, 3.8) is 0 Å². The summed E-state index contributed by atoms with van der Waals surface area (Å²) >= 11 is -2.41. The van der Waals surface area contributed by atoms with Crippen molar-refractivity contribution in [2.75, 3.05) is 0 Å². The Kier molecular flexibility index (Phi) is 5.15. The van der Waals surface area contributed by atoms with Gasteiger partial charge in [-0.15, -0.1) is 0 Å². The number of rotatable bonds is 4. The molecule has 0 aliphatic rings. The van der Waals surface area contributed by atoms with Gasteiger partial charge >= 0.3 is 96.6 Å². The molecule has 0 atom stereocenters. The molecule has 0 fully saturated rings. The predicted octanol–water partition coefficient (Wildman–Crippen LogP) is 4.66. The Morgan fingerprint density at radius 2 is 1.00 bits per heavy atom. The van der Waals surface area contributed by atoms with Crippen molar-refractivity contribution < 1.29 is 0 Å². The molecule has 0 heterocycles. The summed E-state index contributed by atoms with van der Waals surface area (Å²) in [5.74, 6) is 0. The maximum atomic E-state index is 6.53. The summed E-state index contributed by atoms with van der Waals surface area (Å²) in [4.78, 5) is 2.39. The van der Waals surface area contributed by atoms with Gasteiger partial charge in [-0.05, 0) is 0 Å². The second-order valence-electron chi connectivity index (χ2n) is 6.33. The van der Waals surface area contributed by atoms with Crippen molar-refractivity contribution >= 4 is 47.6 Å². The van der Waals surface area contributed by atoms with Crippen LogP contribution in [0.4, 0.5) is 0 Å². The average molecular weight is 318 g/mol. The van der Waals surface area contributed by atoms with Gasteiger partial charge in [-0.25, -0.2) is 0 Å². The standard InChI is InChI=1S/C8H22Cl2GeSi2/c1-12(2,3)7-11(9,10)8-13(4,5)6/h7-8H2,1-6H3. The molecule has 13 heavy (non-hydrogen) atoms. The Labute approximate surface area is 96.1 Å². The molecule has 0 N–H and O–H groups in total. The van der Waals surface area contributed by atoms with Gasteiger partial charge in [0.15, 0.2) is 0 Å². The minimum absolute atomic E-state index is 1.05. The fourth-order valence-corrected chi connectivity index (χ4v) is 52.1. The Morgan fingerprint density at radius 1 is 0.769 bits per heavy atom. The van der Waals surface area contributed by atoms with Gasteiger partial charge in [-0.1, -0.05) is 0 Å². The zero-order valence-electron chi connectivity index (χ0n) is 9.67. The van der Waals surface area contributed by atoms with E-state index in [1.54, 1.807) is 0 Å². The summed E-state index contributed by atoms with van der Waals surface area (Å²) < 4.78 is 0. The first kappa shape index (κ1) is 14.6. The second-order valence-corrected chi connectivity index (χ2v) is 33.8. The SMILES string of the molecule is C[Si](C)(C)[CH2][Ge]([Cl])([Cl])[CH2][Si](C)(C)C. The minimum atomic E-state index is -2.41. The van der Waals surface area contributed by atoms with Gasteiger partial charge < -0.3 is 0 Å². The van der Waals surface area contributed by atoms with Crippen LogP contribution in [0.3, 0.4) is 0 Å². The van der Waals surface area contributed by atoms with Crippen LogP contribution in [-0.2, 0) is 0 Å². The fraction of sp³-hybridized carbons (Fsp3) is 1.00. The zero-order chi connectivity index (χ0) is 10.9. The molecule has 0 saturated carbocycles. The van der Waals surface area contributed by atoms with Crippen LogP contribution < -0.4 is 0 Å². The van der Waals surface area contributed by atoms with Crippen LogP contribution in [0.15, 0.2) is 0 Å². The van der Waals surface area contributed by atoms with Gasteiger partial charge in [0.1, 0.15) is 0 Å². The first-order valence-corrected chi connectivity index (χ1v) is 20.7. The summed E-state index contributed by atoms with van der Waals surface area (Å²) in [6, 6.07) is 0. The van der Waals surface area contributed by atoms with Gasteiger partial charge in [0.25, 0.3) is 0 Å². The van der Waals surface area contributed by atoms with Gasteiger partial charge in [0, 0.05) is 0 Å². The zero-order valence-corrected chi connectivity index (χ0v) is 15.3. The second kappa shape index (κ2) is 4.60. The monoisotopic (exact) mass is 318 g/mol. The van der Waals surface area contributed by atoms with Crippen LogP contribution in [0.25, 0.3) is 0 Å². The number of hydrogen-bond acceptors (Lipinski definition) is 0. The number of hydrogen-bond donors (Lipinski definition) is 0. The summed E-state index contributed by atoms with van der Waals surface area (Å²) in [6.07, 6.45) is 0. The van der Waals surface area contributed by atoms with Crippen molar-refractivity contribution in [3.8, 4) is 0 Å². The van der Waals surface area contributed by atoms with Gasteiger partial charge in [0.2, 0.25) is 0 Å². The van der Waals surface area contributed by atoms with E-state index in [1.165, 1.54) is 9.75 Å². The van der Waals surface area contributed by atoms with Crippen molar-refractivity contribution in [1.29, 1.82) is 0 Å². The van der Waals surface area contributed by atoms with E-state index < -0.39 is 27.6 Å². The first-order valence-electron chi connectivity index (χ1n) is 4.79. The Morgan fingerprint density at radius 3 is 1.15 bits per heavy atom. The Hall–Kier alpha value is 1.56. The van der Waals surface area contributed by atoms with Crippen LogP contribution in [0.5, 0.6) is 0 Å². The van der Waals surface area contributed by atoms with Gasteiger partial charge in [0.05, 0.1) is 0 Å². The maximum absolute atomic E-state index is 6.53. The molecule has 0 nitrogen and oxygen atoms in total. The van der Waals surface area contributed by atoms with Crippen LogP contribution in [0, 0.1) is 0 Å². The molecule has 0 rings (SSSR count). The van der Waals surface area contributed by atoms with Crippen molar-refractivity contribution in [2.24, 2.45) is 0 Å². The molecular formula is C8H22Cl2GeSi2. The molecule has 0 amide bonds. The normalized spacial score (nSPS) is 14.8. The van der Waals surface area contributed by atoms with Crippen molar-refractivity contribution in [1.82, 2.24) is 0 Å². The molecule has 0 radical (unpaired) electrons. The van der Waals surface area contributed by atoms with E-state index >= 15 is 0 Å². The third-order valence-corrected chi connectivity index (χ3v) is 32.9. The van der Waals surface area contributed by atoms with Gasteiger partial charge in [-0.2, -0.15) is 0 Å². The van der Waals surface area contributed by atoms with Crippen LogP contribution in [0.2, 0.25) is 49.0 Å². The van der Waals surface area contributed by atoms with E-state index in [1.807, 2.05) is 0 Å². The Bertz CT molecular complexity index is 152. The number of halogens is 2. The molecule has 0 aromatic carbocycles. The summed E-state index contributed by atoms with van der Waals surface area (Å²) in [5.41, 5.74) is 0. The molecule has 0 aliphatic heterocycles. The van der Waals surface area contributed by atoms with Crippen LogP contribution >= 0.6 is 20.0 Å². The van der Waals surface area contributed by atoms with E-state index in [4.69, 9.17) is 20.0 Å². The molecule has 0 aromatic heterocycles. The van der Waals surface area contributed by atoms with E-state index in [0.29, 0.717) is 0 Å².